The van der Waals surface area contributed by atoms with Gasteiger partial charge in [0, 0.05) is 52.7 Å². The van der Waals surface area contributed by atoms with Crippen LogP contribution in [-0.4, -0.2) is 61.1 Å². The number of piperazine rings is 1. The van der Waals surface area contributed by atoms with E-state index in [2.05, 4.69) is 30.1 Å². The molecule has 6 nitrogen and oxygen atoms in total. The lowest BCUT2D eigenvalue weighted by atomic mass is 10.3. The Kier molecular flexibility index (Phi) is 6.10. The summed E-state index contributed by atoms with van der Waals surface area (Å²) in [7, 11) is 3.70. The van der Waals surface area contributed by atoms with Crippen molar-refractivity contribution in [3.05, 3.63) is 18.5 Å². The molecular weight excluding hydrogens is 343 g/mol. The van der Waals surface area contributed by atoms with Gasteiger partial charge in [0.25, 0.3) is 0 Å². The largest absolute Gasteiger partial charge is 0.359 e. The maximum Gasteiger partial charge on any atom is 0.225 e. The van der Waals surface area contributed by atoms with Crippen LogP contribution in [0.3, 0.4) is 0 Å². The topological polar surface area (TPSA) is 56.7 Å². The molecule has 1 N–H and O–H groups in total. The van der Waals surface area contributed by atoms with E-state index in [4.69, 9.17) is 0 Å². The molecule has 7 heteroatoms. The molecule has 0 saturated carbocycles. The van der Waals surface area contributed by atoms with Gasteiger partial charge in [0.15, 0.2) is 5.96 Å². The molecule has 1 fully saturated rings. The Morgan fingerprint density at radius 3 is 2.33 bits per heavy atom. The van der Waals surface area contributed by atoms with Crippen molar-refractivity contribution in [1.29, 1.82) is 0 Å². The first-order chi connectivity index (χ1) is 8.35. The Labute approximate surface area is 125 Å². The van der Waals surface area contributed by atoms with Crippen molar-refractivity contribution in [2.24, 2.45) is 4.99 Å². The van der Waals surface area contributed by atoms with Crippen LogP contribution in [0.15, 0.2) is 23.5 Å². The van der Waals surface area contributed by atoms with Crippen LogP contribution in [0.2, 0.25) is 0 Å². The Morgan fingerprint density at radius 1 is 1.22 bits per heavy atom. The van der Waals surface area contributed by atoms with E-state index in [0.717, 1.165) is 38.1 Å². The Morgan fingerprint density at radius 2 is 1.83 bits per heavy atom. The van der Waals surface area contributed by atoms with E-state index in [1.807, 2.05) is 13.1 Å². The number of nitrogens with one attached hydrogen (secondary N) is 1. The molecule has 0 unspecified atom stereocenters. The average Bonchev–Trinajstić information content (AvgIpc) is 2.42. The van der Waals surface area contributed by atoms with Crippen LogP contribution in [0.5, 0.6) is 0 Å². The van der Waals surface area contributed by atoms with Gasteiger partial charge in [0.1, 0.15) is 0 Å². The molecule has 1 aliphatic heterocycles. The summed E-state index contributed by atoms with van der Waals surface area (Å²) in [5.74, 6) is 1.75. The van der Waals surface area contributed by atoms with Crippen LogP contribution in [0.25, 0.3) is 0 Å². The quantitative estimate of drug-likeness (QED) is 0.446. The molecule has 0 spiro atoms. The minimum Gasteiger partial charge on any atom is -0.359 e. The fourth-order valence-corrected chi connectivity index (χ4v) is 1.98. The van der Waals surface area contributed by atoms with Crippen LogP contribution < -0.4 is 10.2 Å². The summed E-state index contributed by atoms with van der Waals surface area (Å²) < 4.78 is 0. The summed E-state index contributed by atoms with van der Waals surface area (Å²) in [6, 6.07) is 1.84. The van der Waals surface area contributed by atoms with Crippen molar-refractivity contribution in [2.45, 2.75) is 0 Å². The number of aliphatic imine (C=N–C) groups is 1. The van der Waals surface area contributed by atoms with E-state index in [9.17, 15) is 0 Å². The van der Waals surface area contributed by atoms with Gasteiger partial charge in [0.2, 0.25) is 5.95 Å². The van der Waals surface area contributed by atoms with E-state index in [1.54, 1.807) is 19.4 Å². The summed E-state index contributed by atoms with van der Waals surface area (Å²) in [6.45, 7) is 3.72. The van der Waals surface area contributed by atoms with E-state index >= 15 is 0 Å². The molecule has 18 heavy (non-hydrogen) atoms. The van der Waals surface area contributed by atoms with Crippen molar-refractivity contribution in [3.8, 4) is 0 Å². The molecule has 1 aliphatic rings. The lowest BCUT2D eigenvalue weighted by Gasteiger charge is -2.36. The zero-order chi connectivity index (χ0) is 12.1. The third kappa shape index (κ3) is 3.44. The zero-order valence-electron chi connectivity index (χ0n) is 10.7. The molecule has 2 rings (SSSR count). The van der Waals surface area contributed by atoms with Crippen LogP contribution >= 0.6 is 24.0 Å². The van der Waals surface area contributed by atoms with E-state index in [-0.39, 0.29) is 24.0 Å². The highest BCUT2D eigenvalue weighted by Gasteiger charge is 2.20. The molecule has 0 atom stereocenters. The van der Waals surface area contributed by atoms with Gasteiger partial charge < -0.3 is 15.1 Å². The summed E-state index contributed by atoms with van der Waals surface area (Å²) in [4.78, 5) is 17.2. The second kappa shape index (κ2) is 7.34. The molecule has 1 aromatic heterocycles. The summed E-state index contributed by atoms with van der Waals surface area (Å²) in [6.07, 6.45) is 3.56. The normalized spacial score (nSPS) is 16.2. The first kappa shape index (κ1) is 14.9. The fourth-order valence-electron chi connectivity index (χ4n) is 1.98. The first-order valence-corrected chi connectivity index (χ1v) is 5.76. The van der Waals surface area contributed by atoms with Gasteiger partial charge >= 0.3 is 0 Å². The molecule has 0 aromatic carbocycles. The Hall–Kier alpha value is -1.12. The van der Waals surface area contributed by atoms with Gasteiger partial charge in [-0.25, -0.2) is 9.97 Å². The maximum absolute atomic E-state index is 4.26. The maximum atomic E-state index is 4.26. The van der Waals surface area contributed by atoms with Crippen molar-refractivity contribution in [3.63, 3.8) is 0 Å². The van der Waals surface area contributed by atoms with E-state index in [0.29, 0.717) is 0 Å². The number of guanidine groups is 1. The van der Waals surface area contributed by atoms with Crippen LogP contribution in [0, 0.1) is 0 Å². The fraction of sp³-hybridized carbons (Fsp3) is 0.545. The Bertz CT molecular complexity index is 374. The second-order valence-electron chi connectivity index (χ2n) is 3.82. The van der Waals surface area contributed by atoms with Gasteiger partial charge in [0.05, 0.1) is 0 Å². The van der Waals surface area contributed by atoms with Crippen molar-refractivity contribution in [2.75, 3.05) is 45.2 Å². The lowest BCUT2D eigenvalue weighted by molar-refractivity contribution is 0.373. The van der Waals surface area contributed by atoms with Gasteiger partial charge in [-0.05, 0) is 6.07 Å². The molecule has 0 amide bonds. The number of hydrogen-bond donors (Lipinski definition) is 1. The average molecular weight is 362 g/mol. The van der Waals surface area contributed by atoms with E-state index < -0.39 is 0 Å². The summed E-state index contributed by atoms with van der Waals surface area (Å²) >= 11 is 0. The SMILES string of the molecule is CN=C(NC)N1CCN(c2ncccn2)CC1.I. The Balaban J connectivity index is 0.00000162. The van der Waals surface area contributed by atoms with Crippen molar-refractivity contribution < 1.29 is 0 Å². The zero-order valence-corrected chi connectivity index (χ0v) is 13.0. The molecule has 0 aliphatic carbocycles. The predicted octanol–water partition coefficient (Wildman–Crippen LogP) is 0.422. The van der Waals surface area contributed by atoms with E-state index in [1.165, 1.54) is 0 Å². The van der Waals surface area contributed by atoms with Crippen LogP contribution in [0.1, 0.15) is 0 Å². The molecule has 1 saturated heterocycles. The molecule has 2 heterocycles. The third-order valence-corrected chi connectivity index (χ3v) is 2.85. The summed E-state index contributed by atoms with van der Waals surface area (Å²) in [5, 5.41) is 3.10. The standard InChI is InChI=1S/C11H18N6.HI/c1-12-10(13-2)16-6-8-17(9-7-16)11-14-4-3-5-15-11;/h3-5H,6-9H2,1-2H3,(H,12,13);1H. The number of halogens is 1. The number of aromatic nitrogens is 2. The number of rotatable bonds is 1. The smallest absolute Gasteiger partial charge is 0.225 e. The lowest BCUT2D eigenvalue weighted by Crippen LogP contribution is -2.52. The molecule has 0 radical (unpaired) electrons. The monoisotopic (exact) mass is 362 g/mol. The van der Waals surface area contributed by atoms with Gasteiger partial charge in [-0.1, -0.05) is 0 Å². The highest BCUT2D eigenvalue weighted by Crippen LogP contribution is 2.09. The molecule has 100 valence electrons. The minimum absolute atomic E-state index is 0. The predicted molar refractivity (Wildman–Crippen MR) is 83.7 cm³/mol. The van der Waals surface area contributed by atoms with Crippen molar-refractivity contribution >= 4 is 35.9 Å². The van der Waals surface area contributed by atoms with Crippen molar-refractivity contribution in [1.82, 2.24) is 20.2 Å². The van der Waals surface area contributed by atoms with Gasteiger partial charge in [-0.2, -0.15) is 0 Å². The summed E-state index contributed by atoms with van der Waals surface area (Å²) in [5.41, 5.74) is 0. The number of anilines is 1. The first-order valence-electron chi connectivity index (χ1n) is 5.76. The van der Waals surface area contributed by atoms with Crippen LogP contribution in [0.4, 0.5) is 5.95 Å². The van der Waals surface area contributed by atoms with Crippen LogP contribution in [-0.2, 0) is 0 Å². The minimum atomic E-state index is 0. The third-order valence-electron chi connectivity index (χ3n) is 2.85. The number of hydrogen-bond acceptors (Lipinski definition) is 4. The molecule has 1 aromatic rings. The highest BCUT2D eigenvalue weighted by atomic mass is 127. The number of nitrogens with zero attached hydrogens (tertiary/aromatic N) is 5. The highest BCUT2D eigenvalue weighted by molar-refractivity contribution is 14.0. The second-order valence-corrected chi connectivity index (χ2v) is 3.82. The molecular formula is C11H19IN6. The van der Waals surface area contributed by atoms with Gasteiger partial charge in [-0.3, -0.25) is 4.99 Å². The molecule has 0 bridgehead atoms. The van der Waals surface area contributed by atoms with Gasteiger partial charge in [-0.15, -0.1) is 24.0 Å².